The van der Waals surface area contributed by atoms with Gasteiger partial charge < -0.3 is 10.6 Å². The average Bonchev–Trinajstić information content (AvgIpc) is 3.18. The fourth-order valence-electron chi connectivity index (χ4n) is 5.07. The molecule has 1 aromatic carbocycles. The summed E-state index contributed by atoms with van der Waals surface area (Å²) in [6.07, 6.45) is 5.01. The van der Waals surface area contributed by atoms with Crippen LogP contribution < -0.4 is 5.73 Å². The largest absolute Gasteiger partial charge is 0.368 e. The highest BCUT2D eigenvalue weighted by molar-refractivity contribution is 5.99. The Kier molecular flexibility index (Phi) is 5.12. The average molecular weight is 399 g/mol. The van der Waals surface area contributed by atoms with E-state index in [2.05, 4.69) is 15.1 Å². The summed E-state index contributed by atoms with van der Waals surface area (Å²) in [4.78, 5) is 29.2. The highest BCUT2D eigenvalue weighted by Crippen LogP contribution is 2.44. The van der Waals surface area contributed by atoms with Crippen LogP contribution in [0.1, 0.15) is 36.0 Å². The number of primary amides is 1. The maximum absolute atomic E-state index is 13.2. The van der Waals surface area contributed by atoms with Crippen LogP contribution in [0.3, 0.4) is 0 Å². The fraction of sp³-hybridized carbons (Fsp3) is 0.476. The summed E-state index contributed by atoms with van der Waals surface area (Å²) < 4.78 is 13.2. The molecule has 2 amide bonds. The smallest absolute Gasteiger partial charge is 0.257 e. The minimum Gasteiger partial charge on any atom is -0.368 e. The van der Waals surface area contributed by atoms with Crippen molar-refractivity contribution >= 4 is 11.8 Å². The molecule has 2 aliphatic rings. The lowest BCUT2D eigenvalue weighted by Gasteiger charge is -2.51. The second-order valence-corrected chi connectivity index (χ2v) is 8.21. The molecule has 8 heteroatoms. The Labute approximate surface area is 169 Å². The molecule has 1 atom stereocenters. The predicted octanol–water partition coefficient (Wildman–Crippen LogP) is 2.02. The second-order valence-electron chi connectivity index (χ2n) is 8.21. The van der Waals surface area contributed by atoms with Crippen molar-refractivity contribution in [3.8, 4) is 11.3 Å². The maximum Gasteiger partial charge on any atom is 0.257 e. The standard InChI is InChI=1S/C21H26FN5O2/c1-26-10-2-7-21(18(26)19(23)28)8-11-27(12-9-21)20(29)16-13-24-25-17(16)14-3-5-15(22)6-4-14/h3-6,13,18H,2,7-12H2,1H3,(H2,23,28)(H,24,25). The Morgan fingerprint density at radius 1 is 1.17 bits per heavy atom. The number of H-pyrrole nitrogens is 1. The summed E-state index contributed by atoms with van der Waals surface area (Å²) in [6, 6.07) is 5.69. The number of nitrogens with zero attached hydrogens (tertiary/aromatic N) is 3. The van der Waals surface area contributed by atoms with Crippen molar-refractivity contribution in [3.63, 3.8) is 0 Å². The number of hydrogen-bond acceptors (Lipinski definition) is 4. The van der Waals surface area contributed by atoms with Gasteiger partial charge in [-0.15, -0.1) is 0 Å². The highest BCUT2D eigenvalue weighted by Gasteiger charge is 2.48. The van der Waals surface area contributed by atoms with E-state index in [4.69, 9.17) is 5.73 Å². The zero-order chi connectivity index (χ0) is 20.6. The van der Waals surface area contributed by atoms with Crippen LogP contribution in [0.15, 0.2) is 30.5 Å². The van der Waals surface area contributed by atoms with Gasteiger partial charge in [0.25, 0.3) is 5.91 Å². The third-order valence-corrected chi connectivity index (χ3v) is 6.52. The normalized spacial score (nSPS) is 22.0. The number of piperidine rings is 2. The van der Waals surface area contributed by atoms with Gasteiger partial charge in [0.2, 0.25) is 5.91 Å². The van der Waals surface area contributed by atoms with Crippen molar-refractivity contribution in [2.75, 3.05) is 26.7 Å². The zero-order valence-corrected chi connectivity index (χ0v) is 16.5. The number of likely N-dealkylation sites (tertiary alicyclic amines) is 2. The van der Waals surface area contributed by atoms with Crippen LogP contribution in [-0.2, 0) is 4.79 Å². The number of aromatic nitrogens is 2. The summed E-state index contributed by atoms with van der Waals surface area (Å²) in [6.45, 7) is 2.02. The number of halogens is 1. The van der Waals surface area contributed by atoms with Gasteiger partial charge in [-0.25, -0.2) is 4.39 Å². The Balaban J connectivity index is 1.51. The molecule has 1 unspecified atom stereocenters. The number of carbonyl (C=O) groups excluding carboxylic acids is 2. The Bertz CT molecular complexity index is 902. The topological polar surface area (TPSA) is 95.3 Å². The summed E-state index contributed by atoms with van der Waals surface area (Å²) in [5.41, 5.74) is 7.34. The summed E-state index contributed by atoms with van der Waals surface area (Å²) >= 11 is 0. The molecule has 0 bridgehead atoms. The quantitative estimate of drug-likeness (QED) is 0.825. The summed E-state index contributed by atoms with van der Waals surface area (Å²) in [5.74, 6) is -0.711. The third kappa shape index (κ3) is 3.53. The molecule has 3 N–H and O–H groups in total. The van der Waals surface area contributed by atoms with E-state index in [0.29, 0.717) is 29.9 Å². The molecule has 4 rings (SSSR count). The van der Waals surface area contributed by atoms with Crippen molar-refractivity contribution in [3.05, 3.63) is 41.8 Å². The molecule has 1 spiro atoms. The molecule has 0 saturated carbocycles. The first-order valence-corrected chi connectivity index (χ1v) is 9.99. The lowest BCUT2D eigenvalue weighted by molar-refractivity contribution is -0.132. The van der Waals surface area contributed by atoms with Gasteiger partial charge in [0.1, 0.15) is 5.82 Å². The first-order valence-electron chi connectivity index (χ1n) is 9.99. The molecule has 0 radical (unpaired) electrons. The van der Waals surface area contributed by atoms with Crippen LogP contribution in [-0.4, -0.2) is 64.5 Å². The van der Waals surface area contributed by atoms with E-state index in [-0.39, 0.29) is 29.1 Å². The van der Waals surface area contributed by atoms with Gasteiger partial charge in [0.05, 0.1) is 23.5 Å². The first-order chi connectivity index (χ1) is 13.9. The van der Waals surface area contributed by atoms with Gasteiger partial charge in [-0.2, -0.15) is 5.10 Å². The highest BCUT2D eigenvalue weighted by atomic mass is 19.1. The minimum atomic E-state index is -0.330. The SMILES string of the molecule is CN1CCCC2(CCN(C(=O)c3cn[nH]c3-c3ccc(F)cc3)CC2)C1C(N)=O. The van der Waals surface area contributed by atoms with Gasteiger partial charge in [-0.1, -0.05) is 0 Å². The van der Waals surface area contributed by atoms with Gasteiger partial charge in [0.15, 0.2) is 0 Å². The second kappa shape index (κ2) is 7.59. The number of aromatic amines is 1. The number of benzene rings is 1. The van der Waals surface area contributed by atoms with Crippen molar-refractivity contribution in [2.45, 2.75) is 31.7 Å². The van der Waals surface area contributed by atoms with Gasteiger partial charge in [0, 0.05) is 18.7 Å². The van der Waals surface area contributed by atoms with Crippen LogP contribution in [0.4, 0.5) is 4.39 Å². The molecule has 2 fully saturated rings. The van der Waals surface area contributed by atoms with E-state index in [9.17, 15) is 14.0 Å². The number of likely N-dealkylation sites (N-methyl/N-ethyl adjacent to an activating group) is 1. The Hall–Kier alpha value is -2.74. The van der Waals surface area contributed by atoms with Crippen LogP contribution in [0.2, 0.25) is 0 Å². The summed E-state index contributed by atoms with van der Waals surface area (Å²) in [5, 5.41) is 6.89. The number of amides is 2. The number of nitrogens with one attached hydrogen (secondary N) is 1. The fourth-order valence-corrected chi connectivity index (χ4v) is 5.07. The molecule has 3 heterocycles. The first kappa shape index (κ1) is 19.6. The van der Waals surface area contributed by atoms with Crippen LogP contribution in [0.25, 0.3) is 11.3 Å². The number of nitrogens with two attached hydrogens (primary N) is 1. The molecule has 1 aromatic heterocycles. The predicted molar refractivity (Wildman–Crippen MR) is 106 cm³/mol. The number of rotatable bonds is 3. The van der Waals surface area contributed by atoms with E-state index >= 15 is 0 Å². The molecule has 2 aromatic rings. The molecule has 7 nitrogen and oxygen atoms in total. The van der Waals surface area contributed by atoms with Gasteiger partial charge >= 0.3 is 0 Å². The molecule has 29 heavy (non-hydrogen) atoms. The molecular formula is C21H26FN5O2. The van der Waals surface area contributed by atoms with E-state index in [0.717, 1.165) is 32.2 Å². The third-order valence-electron chi connectivity index (χ3n) is 6.52. The maximum atomic E-state index is 13.2. The molecular weight excluding hydrogens is 373 g/mol. The lowest BCUT2D eigenvalue weighted by Crippen LogP contribution is -2.60. The van der Waals surface area contributed by atoms with Crippen molar-refractivity contribution in [1.82, 2.24) is 20.0 Å². The monoisotopic (exact) mass is 399 g/mol. The molecule has 0 aliphatic carbocycles. The van der Waals surface area contributed by atoms with Crippen LogP contribution in [0.5, 0.6) is 0 Å². The Morgan fingerprint density at radius 3 is 2.52 bits per heavy atom. The van der Waals surface area contributed by atoms with Crippen LogP contribution in [0, 0.1) is 11.2 Å². The summed E-state index contributed by atoms with van der Waals surface area (Å²) in [7, 11) is 1.95. The van der Waals surface area contributed by atoms with E-state index in [1.54, 1.807) is 12.1 Å². The molecule has 2 aliphatic heterocycles. The lowest BCUT2D eigenvalue weighted by atomic mass is 9.66. The molecule has 154 valence electrons. The van der Waals surface area contributed by atoms with Crippen molar-refractivity contribution < 1.29 is 14.0 Å². The van der Waals surface area contributed by atoms with Crippen molar-refractivity contribution in [2.24, 2.45) is 11.1 Å². The van der Waals surface area contributed by atoms with Gasteiger partial charge in [-0.05, 0) is 69.0 Å². The molecule has 2 saturated heterocycles. The van der Waals surface area contributed by atoms with Crippen molar-refractivity contribution in [1.29, 1.82) is 0 Å². The van der Waals surface area contributed by atoms with E-state index < -0.39 is 0 Å². The van der Waals surface area contributed by atoms with E-state index in [1.807, 2.05) is 11.9 Å². The number of hydrogen-bond donors (Lipinski definition) is 2. The number of carbonyl (C=O) groups is 2. The van der Waals surface area contributed by atoms with Gasteiger partial charge in [-0.3, -0.25) is 19.6 Å². The van der Waals surface area contributed by atoms with Crippen LogP contribution >= 0.6 is 0 Å². The minimum absolute atomic E-state index is 0.104. The Morgan fingerprint density at radius 2 is 1.86 bits per heavy atom. The zero-order valence-electron chi connectivity index (χ0n) is 16.5. The van der Waals surface area contributed by atoms with E-state index in [1.165, 1.54) is 18.3 Å².